The molecule has 0 unspecified atom stereocenters. The number of carboxylic acid groups (broad SMARTS) is 1. The van der Waals surface area contributed by atoms with Crippen LogP contribution in [0, 0.1) is 10.1 Å². The van der Waals surface area contributed by atoms with Gasteiger partial charge < -0.3 is 10.0 Å². The molecule has 0 amide bonds. The molecule has 0 aliphatic rings. The maximum atomic E-state index is 11.0. The third kappa shape index (κ3) is 3.11. The number of para-hydroxylation sites is 1. The monoisotopic (exact) mass is 272 g/mol. The van der Waals surface area contributed by atoms with Crippen molar-refractivity contribution in [2.24, 2.45) is 0 Å². The van der Waals surface area contributed by atoms with Gasteiger partial charge in [-0.1, -0.05) is 18.2 Å². The topological polar surface area (TPSA) is 83.7 Å². The van der Waals surface area contributed by atoms with Crippen molar-refractivity contribution in [2.75, 3.05) is 11.4 Å². The second-order valence-corrected chi connectivity index (χ2v) is 4.09. The van der Waals surface area contributed by atoms with E-state index < -0.39 is 10.9 Å². The maximum Gasteiger partial charge on any atom is 0.323 e. The lowest BCUT2D eigenvalue weighted by molar-refractivity contribution is -0.384. The van der Waals surface area contributed by atoms with Crippen molar-refractivity contribution in [2.45, 2.75) is 0 Å². The van der Waals surface area contributed by atoms with E-state index in [-0.39, 0.29) is 12.2 Å². The molecule has 0 heterocycles. The summed E-state index contributed by atoms with van der Waals surface area (Å²) in [6, 6.07) is 14.8. The third-order valence-corrected chi connectivity index (χ3v) is 2.73. The Kier molecular flexibility index (Phi) is 3.95. The Morgan fingerprint density at radius 1 is 1.05 bits per heavy atom. The van der Waals surface area contributed by atoms with Crippen LogP contribution in [0.25, 0.3) is 0 Å². The Morgan fingerprint density at radius 3 is 2.10 bits per heavy atom. The van der Waals surface area contributed by atoms with Crippen LogP contribution in [-0.4, -0.2) is 22.5 Å². The van der Waals surface area contributed by atoms with Gasteiger partial charge in [0.1, 0.15) is 6.54 Å². The summed E-state index contributed by atoms with van der Waals surface area (Å²) in [5.41, 5.74) is 1.27. The molecule has 2 aromatic carbocycles. The van der Waals surface area contributed by atoms with Gasteiger partial charge in [0.25, 0.3) is 5.69 Å². The van der Waals surface area contributed by atoms with Gasteiger partial charge in [0, 0.05) is 23.5 Å². The van der Waals surface area contributed by atoms with Crippen molar-refractivity contribution in [1.82, 2.24) is 0 Å². The quantitative estimate of drug-likeness (QED) is 0.668. The maximum absolute atomic E-state index is 11.0. The number of non-ortho nitro benzene ring substituents is 1. The van der Waals surface area contributed by atoms with Crippen molar-refractivity contribution in [3.05, 3.63) is 64.7 Å². The number of carboxylic acids is 1. The number of hydrogen-bond donors (Lipinski definition) is 1. The van der Waals surface area contributed by atoms with E-state index in [1.165, 1.54) is 24.3 Å². The lowest BCUT2D eigenvalue weighted by Gasteiger charge is -2.22. The highest BCUT2D eigenvalue weighted by Crippen LogP contribution is 2.26. The normalized spacial score (nSPS) is 10.0. The summed E-state index contributed by atoms with van der Waals surface area (Å²) in [4.78, 5) is 22.7. The molecule has 20 heavy (non-hydrogen) atoms. The standard InChI is InChI=1S/C14H12N2O4/c17-14(18)10-15(11-4-2-1-3-5-11)12-6-8-13(9-7-12)16(19)20/h1-9H,10H2,(H,17,18). The molecule has 0 aromatic heterocycles. The zero-order valence-electron chi connectivity index (χ0n) is 10.5. The summed E-state index contributed by atoms with van der Waals surface area (Å²) >= 11 is 0. The van der Waals surface area contributed by atoms with Crippen molar-refractivity contribution < 1.29 is 14.8 Å². The summed E-state index contributed by atoms with van der Waals surface area (Å²) in [6.07, 6.45) is 0. The molecule has 0 saturated heterocycles. The molecule has 0 fully saturated rings. The molecule has 0 atom stereocenters. The molecule has 0 aliphatic carbocycles. The van der Waals surface area contributed by atoms with E-state index in [4.69, 9.17) is 5.11 Å². The first kappa shape index (κ1) is 13.5. The van der Waals surface area contributed by atoms with Gasteiger partial charge in [-0.15, -0.1) is 0 Å². The summed E-state index contributed by atoms with van der Waals surface area (Å²) in [6.45, 7) is -0.220. The van der Waals surface area contributed by atoms with Crippen LogP contribution in [-0.2, 0) is 4.79 Å². The average Bonchev–Trinajstić information content (AvgIpc) is 2.45. The molecule has 0 spiro atoms. The van der Waals surface area contributed by atoms with Crippen LogP contribution in [0.3, 0.4) is 0 Å². The first-order chi connectivity index (χ1) is 9.58. The number of benzene rings is 2. The van der Waals surface area contributed by atoms with Crippen molar-refractivity contribution in [3.63, 3.8) is 0 Å². The van der Waals surface area contributed by atoms with E-state index in [0.717, 1.165) is 0 Å². The zero-order chi connectivity index (χ0) is 14.5. The van der Waals surface area contributed by atoms with Crippen molar-refractivity contribution in [3.8, 4) is 0 Å². The Labute approximate surface area is 115 Å². The molecule has 102 valence electrons. The fourth-order valence-corrected chi connectivity index (χ4v) is 1.83. The minimum absolute atomic E-state index is 0.0305. The molecule has 0 bridgehead atoms. The van der Waals surface area contributed by atoms with Crippen LogP contribution in [0.5, 0.6) is 0 Å². The van der Waals surface area contributed by atoms with Gasteiger partial charge in [-0.25, -0.2) is 0 Å². The molecule has 1 N–H and O–H groups in total. The predicted octanol–water partition coefficient (Wildman–Crippen LogP) is 2.82. The van der Waals surface area contributed by atoms with Gasteiger partial charge in [-0.2, -0.15) is 0 Å². The van der Waals surface area contributed by atoms with Crippen LogP contribution in [0.15, 0.2) is 54.6 Å². The van der Waals surface area contributed by atoms with E-state index >= 15 is 0 Å². The summed E-state index contributed by atoms with van der Waals surface area (Å²) in [5.74, 6) is -0.979. The van der Waals surface area contributed by atoms with Gasteiger partial charge in [-0.05, 0) is 24.3 Å². The molecule has 0 radical (unpaired) electrons. The number of nitro benzene ring substituents is 1. The fraction of sp³-hybridized carbons (Fsp3) is 0.0714. The van der Waals surface area contributed by atoms with Gasteiger partial charge >= 0.3 is 5.97 Å². The summed E-state index contributed by atoms with van der Waals surface area (Å²) < 4.78 is 0. The highest BCUT2D eigenvalue weighted by molar-refractivity contribution is 5.78. The van der Waals surface area contributed by atoms with Crippen LogP contribution >= 0.6 is 0 Å². The van der Waals surface area contributed by atoms with Crippen LogP contribution < -0.4 is 4.90 Å². The van der Waals surface area contributed by atoms with E-state index in [9.17, 15) is 14.9 Å². The molecule has 6 nitrogen and oxygen atoms in total. The lowest BCUT2D eigenvalue weighted by Crippen LogP contribution is -2.24. The summed E-state index contributed by atoms with van der Waals surface area (Å²) in [5, 5.41) is 19.6. The fourth-order valence-electron chi connectivity index (χ4n) is 1.83. The highest BCUT2D eigenvalue weighted by atomic mass is 16.6. The molecule has 0 saturated carbocycles. The van der Waals surface area contributed by atoms with Crippen molar-refractivity contribution >= 4 is 23.0 Å². The number of anilines is 2. The largest absolute Gasteiger partial charge is 0.480 e. The minimum Gasteiger partial charge on any atom is -0.480 e. The second-order valence-electron chi connectivity index (χ2n) is 4.09. The number of carbonyl (C=O) groups is 1. The third-order valence-electron chi connectivity index (χ3n) is 2.73. The van der Waals surface area contributed by atoms with Gasteiger partial charge in [0.05, 0.1) is 4.92 Å². The van der Waals surface area contributed by atoms with Gasteiger partial charge in [-0.3, -0.25) is 14.9 Å². The Hall–Kier alpha value is -2.89. The van der Waals surface area contributed by atoms with Crippen LogP contribution in [0.1, 0.15) is 0 Å². The first-order valence-electron chi connectivity index (χ1n) is 5.87. The Bertz CT molecular complexity index is 611. The zero-order valence-corrected chi connectivity index (χ0v) is 10.5. The number of nitro groups is 1. The van der Waals surface area contributed by atoms with E-state index in [0.29, 0.717) is 11.4 Å². The predicted molar refractivity (Wildman–Crippen MR) is 74.2 cm³/mol. The van der Waals surface area contributed by atoms with Crippen LogP contribution in [0.4, 0.5) is 17.1 Å². The van der Waals surface area contributed by atoms with Crippen molar-refractivity contribution in [1.29, 1.82) is 0 Å². The Morgan fingerprint density at radius 2 is 1.60 bits per heavy atom. The average molecular weight is 272 g/mol. The van der Waals surface area contributed by atoms with Gasteiger partial charge in [0.15, 0.2) is 0 Å². The molecule has 2 rings (SSSR count). The number of nitrogens with zero attached hydrogens (tertiary/aromatic N) is 2. The smallest absolute Gasteiger partial charge is 0.323 e. The molecule has 0 aliphatic heterocycles. The van der Waals surface area contributed by atoms with E-state index in [1.54, 1.807) is 29.2 Å². The van der Waals surface area contributed by atoms with E-state index in [2.05, 4.69) is 0 Å². The number of hydrogen-bond acceptors (Lipinski definition) is 4. The van der Waals surface area contributed by atoms with Gasteiger partial charge in [0.2, 0.25) is 0 Å². The Balaban J connectivity index is 2.36. The molecular weight excluding hydrogens is 260 g/mol. The first-order valence-corrected chi connectivity index (χ1v) is 5.87. The van der Waals surface area contributed by atoms with E-state index in [1.807, 2.05) is 6.07 Å². The minimum atomic E-state index is -0.979. The summed E-state index contributed by atoms with van der Waals surface area (Å²) in [7, 11) is 0. The molecule has 2 aromatic rings. The SMILES string of the molecule is O=C(O)CN(c1ccccc1)c1ccc([N+](=O)[O-])cc1. The lowest BCUT2D eigenvalue weighted by atomic mass is 10.2. The number of rotatable bonds is 5. The number of aliphatic carboxylic acids is 1. The molecule has 6 heteroatoms. The molecular formula is C14H12N2O4. The second kappa shape index (κ2) is 5.83. The van der Waals surface area contributed by atoms with Crippen LogP contribution in [0.2, 0.25) is 0 Å². The highest BCUT2D eigenvalue weighted by Gasteiger charge is 2.14.